The molecule has 2 atom stereocenters. The van der Waals surface area contributed by atoms with E-state index in [2.05, 4.69) is 20.2 Å². The molecule has 0 aliphatic carbocycles. The van der Waals surface area contributed by atoms with E-state index >= 15 is 8.78 Å². The number of alkyl halides is 2. The molecule has 0 spiro atoms. The highest BCUT2D eigenvalue weighted by Gasteiger charge is 2.37. The summed E-state index contributed by atoms with van der Waals surface area (Å²) in [6, 6.07) is 14.6. The number of H-pyrrole nitrogens is 1. The maximum Gasteiger partial charge on any atom is 0.272 e. The molecule has 2 aromatic heterocycles. The third kappa shape index (κ3) is 8.61. The number of aromatic amines is 1. The summed E-state index contributed by atoms with van der Waals surface area (Å²) in [6.07, 6.45) is 1.35. The molecular weight excluding hydrogens is 819 g/mol. The Kier molecular flexibility index (Phi) is 12.6. The molecule has 4 amide bonds. The molecule has 3 aliphatic heterocycles. The lowest BCUT2D eigenvalue weighted by Crippen LogP contribution is -2.45. The number of aryl methyl sites for hydroxylation is 1. The number of halogens is 4. The number of piperidine rings is 1. The van der Waals surface area contributed by atoms with Crippen molar-refractivity contribution in [3.63, 3.8) is 0 Å². The normalized spacial score (nSPS) is 17.4. The molecule has 12 nitrogen and oxygen atoms in total. The summed E-state index contributed by atoms with van der Waals surface area (Å²) in [7, 11) is 1.47. The van der Waals surface area contributed by atoms with Crippen molar-refractivity contribution in [1.29, 1.82) is 0 Å². The summed E-state index contributed by atoms with van der Waals surface area (Å²) in [5.41, 5.74) is 5.52. The topological polar surface area (TPSA) is 139 Å². The largest absolute Gasteiger partial charge is 0.359 e. The van der Waals surface area contributed by atoms with Gasteiger partial charge in [0.15, 0.2) is 0 Å². The maximum absolute atomic E-state index is 16.1. The number of aldehydes is 1. The van der Waals surface area contributed by atoms with Gasteiger partial charge in [0.05, 0.1) is 18.6 Å². The molecule has 2 N–H and O–H groups in total. The van der Waals surface area contributed by atoms with Crippen LogP contribution >= 0.6 is 0 Å². The molecule has 328 valence electrons. The first-order chi connectivity index (χ1) is 30.4. The fraction of sp³-hybridized carbons (Fsp3) is 0.362. The highest BCUT2D eigenvalue weighted by atomic mass is 19.3. The van der Waals surface area contributed by atoms with Crippen LogP contribution in [0.2, 0.25) is 0 Å². The van der Waals surface area contributed by atoms with E-state index in [0.29, 0.717) is 80.5 Å². The number of imide groups is 1. The van der Waals surface area contributed by atoms with Crippen LogP contribution in [0.25, 0.3) is 22.0 Å². The van der Waals surface area contributed by atoms with Crippen LogP contribution in [0.5, 0.6) is 0 Å². The minimum Gasteiger partial charge on any atom is -0.359 e. The second kappa shape index (κ2) is 18.2. The van der Waals surface area contributed by atoms with Crippen LogP contribution in [0.3, 0.4) is 0 Å². The molecule has 3 aliphatic rings. The molecule has 16 heteroatoms. The van der Waals surface area contributed by atoms with E-state index in [9.17, 15) is 32.8 Å². The molecule has 2 unspecified atom stereocenters. The minimum atomic E-state index is -2.70. The molecule has 1 fully saturated rings. The lowest BCUT2D eigenvalue weighted by molar-refractivity contribution is -0.125. The lowest BCUT2D eigenvalue weighted by Gasteiger charge is -2.36. The average molecular weight is 866 g/mol. The Morgan fingerprint density at radius 2 is 1.67 bits per heavy atom. The standard InChI is InChI=1S/C47H47F4N7O5/c1-27-17-30-22-57(23-31(30)18-36(27)46(62)58(26-60)33(25-59)8-10-42(61)52-2)32-11-14-55(15-12-32)47(63)40-9-7-28(21-53-40)29-19-37(48)43(38(49)20-29)45-44-35(13-16-56(45)24-41(50)51)34-5-3-4-6-39(34)54-44/h3-7,9,17-21,25-26,32-33,41,45,54H,8,10-16,22-24H2,1-2H3,(H,52,61). The first-order valence-corrected chi connectivity index (χ1v) is 21.1. The SMILES string of the molecule is CNC(=O)CCC(C=O)N(C=O)C(=O)c1cc2c(cc1C)CN(C1CCN(C(=O)c3ccc(-c4cc(F)c(C5c6[nH]c7ccccc7c6CCN5CC(F)F)c(F)c4)cn3)CC1)C2. The number of pyridine rings is 1. The average Bonchev–Trinajstić information content (AvgIpc) is 3.88. The van der Waals surface area contributed by atoms with Crippen LogP contribution in [-0.2, 0) is 33.9 Å². The highest BCUT2D eigenvalue weighted by molar-refractivity contribution is 6.03. The minimum absolute atomic E-state index is 0.00913. The lowest BCUT2D eigenvalue weighted by atomic mass is 9.90. The maximum atomic E-state index is 16.1. The van der Waals surface area contributed by atoms with E-state index in [-0.39, 0.29) is 54.1 Å². The quantitative estimate of drug-likeness (QED) is 0.103. The summed E-state index contributed by atoms with van der Waals surface area (Å²) < 4.78 is 59.7. The molecule has 63 heavy (non-hydrogen) atoms. The van der Waals surface area contributed by atoms with Gasteiger partial charge in [0.2, 0.25) is 12.3 Å². The van der Waals surface area contributed by atoms with Crippen LogP contribution < -0.4 is 5.32 Å². The first kappa shape index (κ1) is 43.4. The van der Waals surface area contributed by atoms with E-state index in [0.717, 1.165) is 32.5 Å². The number of likely N-dealkylation sites (tertiary alicyclic amines) is 1. The molecule has 0 radical (unpaired) electrons. The van der Waals surface area contributed by atoms with Gasteiger partial charge >= 0.3 is 0 Å². The second-order valence-corrected chi connectivity index (χ2v) is 16.5. The van der Waals surface area contributed by atoms with Gasteiger partial charge in [0.25, 0.3) is 18.2 Å². The van der Waals surface area contributed by atoms with Crippen molar-refractivity contribution in [3.05, 3.63) is 123 Å². The Bertz CT molecular complexity index is 2550. The molecule has 0 bridgehead atoms. The number of aromatic nitrogens is 2. The zero-order valence-corrected chi connectivity index (χ0v) is 34.9. The molecule has 8 rings (SSSR count). The molecule has 5 heterocycles. The molecule has 1 saturated heterocycles. The van der Waals surface area contributed by atoms with Gasteiger partial charge in [-0.3, -0.25) is 38.9 Å². The zero-order valence-electron chi connectivity index (χ0n) is 34.9. The first-order valence-electron chi connectivity index (χ1n) is 21.1. The van der Waals surface area contributed by atoms with Crippen molar-refractivity contribution >= 4 is 41.3 Å². The van der Waals surface area contributed by atoms with E-state index < -0.39 is 42.6 Å². The van der Waals surface area contributed by atoms with Crippen LogP contribution in [0.4, 0.5) is 17.6 Å². The van der Waals surface area contributed by atoms with Gasteiger partial charge in [-0.25, -0.2) is 17.6 Å². The summed E-state index contributed by atoms with van der Waals surface area (Å²) in [6.45, 7) is 3.49. The van der Waals surface area contributed by atoms with Crippen LogP contribution in [-0.4, -0.2) is 112 Å². The van der Waals surface area contributed by atoms with Crippen LogP contribution in [0, 0.1) is 18.6 Å². The van der Waals surface area contributed by atoms with E-state index in [1.54, 1.807) is 24.0 Å². The molecule has 5 aromatic rings. The van der Waals surface area contributed by atoms with Gasteiger partial charge in [-0.2, -0.15) is 0 Å². The van der Waals surface area contributed by atoms with Gasteiger partial charge < -0.3 is 20.0 Å². The predicted octanol–water partition coefficient (Wildman–Crippen LogP) is 6.34. The van der Waals surface area contributed by atoms with Gasteiger partial charge in [-0.1, -0.05) is 30.3 Å². The fourth-order valence-corrected chi connectivity index (χ4v) is 9.47. The van der Waals surface area contributed by atoms with E-state index in [1.807, 2.05) is 30.3 Å². The molecule has 0 saturated carbocycles. The Labute approximate surface area is 361 Å². The highest BCUT2D eigenvalue weighted by Crippen LogP contribution is 2.41. The Hall–Kier alpha value is -6.26. The number of carbonyl (C=O) groups is 5. The van der Waals surface area contributed by atoms with Crippen molar-refractivity contribution in [1.82, 2.24) is 34.9 Å². The predicted molar refractivity (Wildman–Crippen MR) is 226 cm³/mol. The molecule has 3 aromatic carbocycles. The number of hydrogen-bond acceptors (Lipinski definition) is 8. The number of hydrogen-bond donors (Lipinski definition) is 2. The number of rotatable bonds is 13. The van der Waals surface area contributed by atoms with Crippen molar-refractivity contribution in [2.24, 2.45) is 0 Å². The van der Waals surface area contributed by atoms with Crippen LogP contribution in [0.15, 0.2) is 66.9 Å². The number of amides is 4. The number of carbonyl (C=O) groups excluding carboxylic acids is 5. The second-order valence-electron chi connectivity index (χ2n) is 16.5. The van der Waals surface area contributed by atoms with Crippen LogP contribution in [0.1, 0.15) is 86.1 Å². The van der Waals surface area contributed by atoms with Gasteiger partial charge in [-0.15, -0.1) is 0 Å². The number of nitrogens with one attached hydrogen (secondary N) is 2. The Morgan fingerprint density at radius 1 is 0.952 bits per heavy atom. The van der Waals surface area contributed by atoms with Crippen molar-refractivity contribution in [3.8, 4) is 11.1 Å². The van der Waals surface area contributed by atoms with Crippen molar-refractivity contribution in [2.45, 2.75) is 76.7 Å². The third-order valence-corrected chi connectivity index (χ3v) is 12.8. The number of para-hydroxylation sites is 1. The summed E-state index contributed by atoms with van der Waals surface area (Å²) in [5.74, 6) is -2.94. The Balaban J connectivity index is 0.908. The van der Waals surface area contributed by atoms with Crippen molar-refractivity contribution in [2.75, 3.05) is 33.2 Å². The fourth-order valence-electron chi connectivity index (χ4n) is 9.47. The summed E-state index contributed by atoms with van der Waals surface area (Å²) in [5, 5.41) is 3.36. The van der Waals surface area contributed by atoms with Gasteiger partial charge in [0, 0.05) is 91.7 Å². The Morgan fingerprint density at radius 3 is 2.32 bits per heavy atom. The smallest absolute Gasteiger partial charge is 0.272 e. The van der Waals surface area contributed by atoms with E-state index in [4.69, 9.17) is 0 Å². The summed E-state index contributed by atoms with van der Waals surface area (Å²) >= 11 is 0. The zero-order chi connectivity index (χ0) is 44.5. The van der Waals surface area contributed by atoms with E-state index in [1.165, 1.54) is 36.3 Å². The monoisotopic (exact) mass is 865 g/mol. The third-order valence-electron chi connectivity index (χ3n) is 12.8. The number of nitrogens with zero attached hydrogens (tertiary/aromatic N) is 5. The van der Waals surface area contributed by atoms with Crippen molar-refractivity contribution < 1.29 is 41.5 Å². The summed E-state index contributed by atoms with van der Waals surface area (Å²) in [4.78, 5) is 76.6. The number of benzene rings is 3. The van der Waals surface area contributed by atoms with Gasteiger partial charge in [-0.05, 0) is 90.8 Å². The number of fused-ring (bicyclic) bond motifs is 4. The van der Waals surface area contributed by atoms with Gasteiger partial charge in [0.1, 0.15) is 23.6 Å². The molecular formula is C47H47F4N7O5.